The van der Waals surface area contributed by atoms with Crippen LogP contribution in [0.25, 0.3) is 11.0 Å². The van der Waals surface area contributed by atoms with Gasteiger partial charge in [0.1, 0.15) is 24.0 Å². The molecule has 0 radical (unpaired) electrons. The van der Waals surface area contributed by atoms with E-state index in [-0.39, 0.29) is 18.4 Å². The van der Waals surface area contributed by atoms with Gasteiger partial charge in [0.25, 0.3) is 0 Å². The van der Waals surface area contributed by atoms with E-state index < -0.39 is 0 Å². The molecule has 7 nitrogen and oxygen atoms in total. The smallest absolute Gasteiger partial charge is 0.244 e. The number of fused-ring (bicyclic) bond motifs is 1. The molecule has 4 rings (SSSR count). The normalized spacial score (nSPS) is 18.0. The van der Waals surface area contributed by atoms with Gasteiger partial charge in [0, 0.05) is 19.0 Å². The first kappa shape index (κ1) is 15.8. The fraction of sp³-hybridized carbons (Fsp3) is 0.444. The molecule has 1 aromatic carbocycles. The van der Waals surface area contributed by atoms with E-state index in [1.54, 1.807) is 4.68 Å². The van der Waals surface area contributed by atoms with Crippen LogP contribution < -0.4 is 0 Å². The second-order valence-corrected chi connectivity index (χ2v) is 6.68. The van der Waals surface area contributed by atoms with Crippen molar-refractivity contribution in [3.8, 4) is 0 Å². The Kier molecular flexibility index (Phi) is 3.99. The Hall–Kier alpha value is -2.70. The van der Waals surface area contributed by atoms with Crippen LogP contribution in [0, 0.1) is 13.8 Å². The number of hydrogen-bond donors (Lipinski definition) is 1. The van der Waals surface area contributed by atoms with E-state index >= 15 is 0 Å². The summed E-state index contributed by atoms with van der Waals surface area (Å²) in [4.78, 5) is 27.0. The van der Waals surface area contributed by atoms with Crippen molar-refractivity contribution < 1.29 is 4.79 Å². The summed E-state index contributed by atoms with van der Waals surface area (Å²) >= 11 is 0. The molecule has 2 aromatic heterocycles. The minimum Gasteiger partial charge on any atom is -0.342 e. The molecule has 0 saturated carbocycles. The molecule has 0 aliphatic carbocycles. The highest BCUT2D eigenvalue weighted by atomic mass is 16.2. The molecule has 25 heavy (non-hydrogen) atoms. The van der Waals surface area contributed by atoms with Crippen LogP contribution in [0.15, 0.2) is 24.3 Å². The molecule has 1 amide bonds. The zero-order valence-corrected chi connectivity index (χ0v) is 14.6. The summed E-state index contributed by atoms with van der Waals surface area (Å²) < 4.78 is 1.68. The van der Waals surface area contributed by atoms with E-state index in [1.165, 1.54) is 0 Å². The number of nitrogens with one attached hydrogen (secondary N) is 1. The van der Waals surface area contributed by atoms with E-state index in [0.717, 1.165) is 42.1 Å². The highest BCUT2D eigenvalue weighted by Crippen LogP contribution is 2.26. The maximum atomic E-state index is 12.7. The monoisotopic (exact) mass is 338 g/mol. The Balaban J connectivity index is 1.48. The SMILES string of the molecule is Cc1nc(C)n(CC(=O)N2CCCC(c3nc4ccccc4[nH]3)C2)n1. The van der Waals surface area contributed by atoms with Crippen molar-refractivity contribution in [3.63, 3.8) is 0 Å². The molecule has 1 saturated heterocycles. The number of amides is 1. The fourth-order valence-corrected chi connectivity index (χ4v) is 3.53. The van der Waals surface area contributed by atoms with Crippen LogP contribution in [-0.2, 0) is 11.3 Å². The van der Waals surface area contributed by atoms with Crippen LogP contribution in [0.3, 0.4) is 0 Å². The van der Waals surface area contributed by atoms with Crippen molar-refractivity contribution in [3.05, 3.63) is 41.7 Å². The van der Waals surface area contributed by atoms with Gasteiger partial charge >= 0.3 is 0 Å². The van der Waals surface area contributed by atoms with Crippen LogP contribution in [0.1, 0.15) is 36.2 Å². The maximum absolute atomic E-state index is 12.7. The van der Waals surface area contributed by atoms with Gasteiger partial charge in [-0.25, -0.2) is 14.6 Å². The van der Waals surface area contributed by atoms with Crippen molar-refractivity contribution in [1.29, 1.82) is 0 Å². The number of nitrogens with zero attached hydrogens (tertiary/aromatic N) is 5. The lowest BCUT2D eigenvalue weighted by atomic mass is 9.97. The van der Waals surface area contributed by atoms with Crippen LogP contribution >= 0.6 is 0 Å². The van der Waals surface area contributed by atoms with Crippen LogP contribution in [0.5, 0.6) is 0 Å². The van der Waals surface area contributed by atoms with Crippen molar-refractivity contribution >= 4 is 16.9 Å². The van der Waals surface area contributed by atoms with E-state index in [9.17, 15) is 4.79 Å². The highest BCUT2D eigenvalue weighted by Gasteiger charge is 2.27. The number of carbonyl (C=O) groups is 1. The van der Waals surface area contributed by atoms with E-state index in [1.807, 2.05) is 43.0 Å². The summed E-state index contributed by atoms with van der Waals surface area (Å²) in [6, 6.07) is 8.04. The molecule has 7 heteroatoms. The molecule has 130 valence electrons. The summed E-state index contributed by atoms with van der Waals surface area (Å²) in [6.45, 7) is 5.46. The van der Waals surface area contributed by atoms with E-state index in [0.29, 0.717) is 12.4 Å². The third-order valence-corrected chi connectivity index (χ3v) is 4.82. The van der Waals surface area contributed by atoms with Crippen LogP contribution in [-0.4, -0.2) is 48.6 Å². The number of imidazole rings is 1. The minimum atomic E-state index is 0.0915. The summed E-state index contributed by atoms with van der Waals surface area (Å²) in [5.41, 5.74) is 2.03. The highest BCUT2D eigenvalue weighted by molar-refractivity contribution is 5.76. The number of aryl methyl sites for hydroxylation is 2. The first-order valence-electron chi connectivity index (χ1n) is 8.70. The lowest BCUT2D eigenvalue weighted by molar-refractivity contribution is -0.133. The number of rotatable bonds is 3. The average molecular weight is 338 g/mol. The number of likely N-dealkylation sites (tertiary alicyclic amines) is 1. The average Bonchev–Trinajstić information content (AvgIpc) is 3.18. The number of carbonyl (C=O) groups excluding carboxylic acids is 1. The van der Waals surface area contributed by atoms with E-state index in [2.05, 4.69) is 15.1 Å². The number of hydrogen-bond acceptors (Lipinski definition) is 4. The Morgan fingerprint density at radius 2 is 2.12 bits per heavy atom. The van der Waals surface area contributed by atoms with Gasteiger partial charge in [-0.1, -0.05) is 12.1 Å². The Labute approximate surface area is 146 Å². The molecule has 0 bridgehead atoms. The Morgan fingerprint density at radius 1 is 1.28 bits per heavy atom. The molecule has 1 aliphatic heterocycles. The van der Waals surface area contributed by atoms with Crippen molar-refractivity contribution in [2.45, 2.75) is 39.2 Å². The minimum absolute atomic E-state index is 0.0915. The van der Waals surface area contributed by atoms with Gasteiger partial charge < -0.3 is 9.88 Å². The number of aromatic nitrogens is 5. The van der Waals surface area contributed by atoms with Gasteiger partial charge in [0.05, 0.1) is 11.0 Å². The van der Waals surface area contributed by atoms with Gasteiger partial charge in [0.15, 0.2) is 0 Å². The summed E-state index contributed by atoms with van der Waals surface area (Å²) in [7, 11) is 0. The number of H-pyrrole nitrogens is 1. The molecule has 1 atom stereocenters. The second kappa shape index (κ2) is 6.31. The molecule has 1 aliphatic rings. The van der Waals surface area contributed by atoms with Crippen molar-refractivity contribution in [1.82, 2.24) is 29.6 Å². The zero-order valence-electron chi connectivity index (χ0n) is 14.6. The first-order chi connectivity index (χ1) is 12.1. The molecular weight excluding hydrogens is 316 g/mol. The summed E-state index contributed by atoms with van der Waals surface area (Å²) in [6.07, 6.45) is 2.04. The maximum Gasteiger partial charge on any atom is 0.244 e. The standard InChI is InChI=1S/C18H22N6O/c1-12-19-13(2)24(22-12)11-17(25)23-9-5-6-14(10-23)18-20-15-7-3-4-8-16(15)21-18/h3-4,7-8,14H,5-6,9-11H2,1-2H3,(H,20,21). The topological polar surface area (TPSA) is 79.7 Å². The van der Waals surface area contributed by atoms with E-state index in [4.69, 9.17) is 4.98 Å². The van der Waals surface area contributed by atoms with Crippen LogP contribution in [0.4, 0.5) is 0 Å². The number of para-hydroxylation sites is 2. The summed E-state index contributed by atoms with van der Waals surface area (Å²) in [5.74, 6) is 2.80. The van der Waals surface area contributed by atoms with Gasteiger partial charge in [-0.2, -0.15) is 5.10 Å². The fourth-order valence-electron chi connectivity index (χ4n) is 3.53. The molecular formula is C18H22N6O. The third kappa shape index (κ3) is 3.14. The predicted octanol–water partition coefficient (Wildman–Crippen LogP) is 2.18. The Bertz CT molecular complexity index is 878. The van der Waals surface area contributed by atoms with Crippen LogP contribution in [0.2, 0.25) is 0 Å². The lowest BCUT2D eigenvalue weighted by Gasteiger charge is -2.31. The number of aromatic amines is 1. The molecule has 1 unspecified atom stereocenters. The van der Waals surface area contributed by atoms with Crippen molar-refractivity contribution in [2.24, 2.45) is 0 Å². The van der Waals surface area contributed by atoms with Gasteiger partial charge in [-0.15, -0.1) is 0 Å². The second-order valence-electron chi connectivity index (χ2n) is 6.68. The summed E-state index contributed by atoms with van der Waals surface area (Å²) in [5, 5.41) is 4.29. The first-order valence-corrected chi connectivity index (χ1v) is 8.70. The number of benzene rings is 1. The zero-order chi connectivity index (χ0) is 17.4. The quantitative estimate of drug-likeness (QED) is 0.794. The number of piperidine rings is 1. The molecule has 3 aromatic rings. The van der Waals surface area contributed by atoms with Gasteiger partial charge in [-0.3, -0.25) is 4.79 Å². The molecule has 3 heterocycles. The largest absolute Gasteiger partial charge is 0.342 e. The lowest BCUT2D eigenvalue weighted by Crippen LogP contribution is -2.41. The van der Waals surface area contributed by atoms with Gasteiger partial charge in [-0.05, 0) is 38.8 Å². The molecule has 1 fully saturated rings. The van der Waals surface area contributed by atoms with Gasteiger partial charge in [0.2, 0.25) is 5.91 Å². The predicted molar refractivity (Wildman–Crippen MR) is 94.1 cm³/mol. The molecule has 0 spiro atoms. The third-order valence-electron chi connectivity index (χ3n) is 4.82. The Morgan fingerprint density at radius 3 is 2.88 bits per heavy atom. The van der Waals surface area contributed by atoms with Crippen molar-refractivity contribution in [2.75, 3.05) is 13.1 Å². The molecule has 1 N–H and O–H groups in total.